The van der Waals surface area contributed by atoms with Gasteiger partial charge in [0.15, 0.2) is 0 Å². The van der Waals surface area contributed by atoms with E-state index in [1.807, 2.05) is 0 Å². The van der Waals surface area contributed by atoms with Crippen LogP contribution in [0.25, 0.3) is 0 Å². The van der Waals surface area contributed by atoms with Gasteiger partial charge < -0.3 is 5.32 Å². The largest absolute Gasteiger partial charge is 0.312 e. The molecule has 90 valence electrons. The highest BCUT2D eigenvalue weighted by Crippen LogP contribution is 2.43. The van der Waals surface area contributed by atoms with Crippen molar-refractivity contribution in [2.24, 2.45) is 0 Å². The minimum Gasteiger partial charge on any atom is -0.312 e. The fraction of sp³-hybridized carbons (Fsp3) is 0.714. The quantitative estimate of drug-likeness (QED) is 0.845. The fourth-order valence-corrected chi connectivity index (χ4v) is 2.93. The van der Waals surface area contributed by atoms with Crippen LogP contribution in [0.15, 0.2) is 0 Å². The van der Waals surface area contributed by atoms with Crippen LogP contribution < -0.4 is 5.32 Å². The van der Waals surface area contributed by atoms with Crippen LogP contribution in [-0.4, -0.2) is 16.5 Å². The standard InChI is InChI=1S/C14H19N3/c1-2-10(3-1)14-16-12-6-7-15-8-11(12)13(17-14)9-4-5-9/h9-10,15H,1-8H2. The average Bonchev–Trinajstić information content (AvgIpc) is 3.09. The normalized spacial score (nSPS) is 24.2. The molecule has 0 atom stereocenters. The summed E-state index contributed by atoms with van der Waals surface area (Å²) in [6.45, 7) is 2.07. The molecule has 2 fully saturated rings. The van der Waals surface area contributed by atoms with Gasteiger partial charge in [0.2, 0.25) is 0 Å². The Bertz CT molecular complexity index is 447. The van der Waals surface area contributed by atoms with E-state index in [1.165, 1.54) is 54.9 Å². The molecule has 3 heteroatoms. The topological polar surface area (TPSA) is 37.8 Å². The monoisotopic (exact) mass is 229 g/mol. The maximum atomic E-state index is 4.92. The molecular weight excluding hydrogens is 210 g/mol. The van der Waals surface area contributed by atoms with Gasteiger partial charge in [0.05, 0.1) is 11.4 Å². The predicted molar refractivity (Wildman–Crippen MR) is 66.0 cm³/mol. The molecule has 0 amide bonds. The van der Waals surface area contributed by atoms with E-state index in [0.717, 1.165) is 25.4 Å². The van der Waals surface area contributed by atoms with Gasteiger partial charge in [-0.05, 0) is 25.7 Å². The van der Waals surface area contributed by atoms with Gasteiger partial charge in [0.1, 0.15) is 5.82 Å². The van der Waals surface area contributed by atoms with Crippen LogP contribution in [0.1, 0.15) is 66.7 Å². The first-order chi connectivity index (χ1) is 8.42. The molecule has 1 aromatic heterocycles. The third-order valence-electron chi connectivity index (χ3n) is 4.42. The smallest absolute Gasteiger partial charge is 0.131 e. The predicted octanol–water partition coefficient (Wildman–Crippen LogP) is 2.27. The van der Waals surface area contributed by atoms with Crippen molar-refractivity contribution in [1.82, 2.24) is 15.3 Å². The number of hydrogen-bond acceptors (Lipinski definition) is 3. The zero-order valence-electron chi connectivity index (χ0n) is 10.2. The van der Waals surface area contributed by atoms with Crippen molar-refractivity contribution in [2.45, 2.75) is 56.9 Å². The summed E-state index contributed by atoms with van der Waals surface area (Å²) in [5.41, 5.74) is 4.17. The van der Waals surface area contributed by atoms with Crippen molar-refractivity contribution in [3.05, 3.63) is 22.8 Å². The van der Waals surface area contributed by atoms with E-state index in [-0.39, 0.29) is 0 Å². The van der Waals surface area contributed by atoms with E-state index in [0.29, 0.717) is 5.92 Å². The third kappa shape index (κ3) is 1.68. The lowest BCUT2D eigenvalue weighted by molar-refractivity contribution is 0.397. The SMILES string of the molecule is C1CC(c2nc3c(c(C4CC4)n2)CNCC3)C1. The van der Waals surface area contributed by atoms with Crippen molar-refractivity contribution in [1.29, 1.82) is 0 Å². The molecule has 4 rings (SSSR count). The van der Waals surface area contributed by atoms with E-state index in [4.69, 9.17) is 9.97 Å². The summed E-state index contributed by atoms with van der Waals surface area (Å²) in [7, 11) is 0. The number of hydrogen-bond donors (Lipinski definition) is 1. The lowest BCUT2D eigenvalue weighted by atomic mass is 9.84. The molecule has 2 heterocycles. The lowest BCUT2D eigenvalue weighted by Gasteiger charge is -2.27. The summed E-state index contributed by atoms with van der Waals surface area (Å²) < 4.78 is 0. The molecular formula is C14H19N3. The summed E-state index contributed by atoms with van der Waals surface area (Å²) in [6, 6.07) is 0. The Morgan fingerprint density at radius 1 is 1.00 bits per heavy atom. The summed E-state index contributed by atoms with van der Waals surface area (Å²) >= 11 is 0. The van der Waals surface area contributed by atoms with Crippen LogP contribution in [0, 0.1) is 0 Å². The number of nitrogens with zero attached hydrogens (tertiary/aromatic N) is 2. The van der Waals surface area contributed by atoms with Gasteiger partial charge in [0, 0.05) is 36.9 Å². The van der Waals surface area contributed by atoms with Gasteiger partial charge >= 0.3 is 0 Å². The van der Waals surface area contributed by atoms with Crippen LogP contribution in [0.4, 0.5) is 0 Å². The first-order valence-corrected chi connectivity index (χ1v) is 7.02. The van der Waals surface area contributed by atoms with Crippen LogP contribution in [0.2, 0.25) is 0 Å². The minimum atomic E-state index is 0.674. The van der Waals surface area contributed by atoms with Crippen molar-refractivity contribution < 1.29 is 0 Å². The average molecular weight is 229 g/mol. The molecule has 0 bridgehead atoms. The van der Waals surface area contributed by atoms with Crippen LogP contribution in [0.5, 0.6) is 0 Å². The molecule has 0 unspecified atom stereocenters. The minimum absolute atomic E-state index is 0.674. The van der Waals surface area contributed by atoms with Crippen molar-refractivity contribution in [3.63, 3.8) is 0 Å². The Morgan fingerprint density at radius 3 is 2.59 bits per heavy atom. The molecule has 1 aliphatic heterocycles. The van der Waals surface area contributed by atoms with E-state index in [2.05, 4.69) is 5.32 Å². The van der Waals surface area contributed by atoms with Crippen LogP contribution >= 0.6 is 0 Å². The second-order valence-electron chi connectivity index (χ2n) is 5.72. The highest BCUT2D eigenvalue weighted by molar-refractivity contribution is 5.33. The summed E-state index contributed by atoms with van der Waals surface area (Å²) in [5, 5.41) is 3.46. The number of fused-ring (bicyclic) bond motifs is 1. The molecule has 3 aliphatic rings. The first-order valence-electron chi connectivity index (χ1n) is 7.02. The van der Waals surface area contributed by atoms with Crippen LogP contribution in [0.3, 0.4) is 0 Å². The van der Waals surface area contributed by atoms with Gasteiger partial charge in [-0.25, -0.2) is 9.97 Å². The summed E-state index contributed by atoms with van der Waals surface area (Å²) in [4.78, 5) is 9.77. The van der Waals surface area contributed by atoms with E-state index >= 15 is 0 Å². The van der Waals surface area contributed by atoms with Crippen molar-refractivity contribution in [3.8, 4) is 0 Å². The Hall–Kier alpha value is -0.960. The lowest BCUT2D eigenvalue weighted by Crippen LogP contribution is -2.28. The van der Waals surface area contributed by atoms with Crippen molar-refractivity contribution in [2.75, 3.05) is 6.54 Å². The highest BCUT2D eigenvalue weighted by atomic mass is 15.0. The van der Waals surface area contributed by atoms with Crippen molar-refractivity contribution >= 4 is 0 Å². The molecule has 1 N–H and O–H groups in total. The van der Waals surface area contributed by atoms with E-state index < -0.39 is 0 Å². The summed E-state index contributed by atoms with van der Waals surface area (Å²) in [6.07, 6.45) is 7.76. The Kier molecular flexibility index (Phi) is 2.22. The van der Waals surface area contributed by atoms with Gasteiger partial charge in [-0.2, -0.15) is 0 Å². The molecule has 0 spiro atoms. The summed E-state index contributed by atoms with van der Waals surface area (Å²) in [5.74, 6) is 2.59. The second-order valence-corrected chi connectivity index (χ2v) is 5.72. The Morgan fingerprint density at radius 2 is 1.88 bits per heavy atom. The Balaban J connectivity index is 1.79. The molecule has 1 aromatic rings. The van der Waals surface area contributed by atoms with Crippen LogP contribution in [-0.2, 0) is 13.0 Å². The van der Waals surface area contributed by atoms with E-state index in [1.54, 1.807) is 0 Å². The maximum absolute atomic E-state index is 4.92. The molecule has 0 aromatic carbocycles. The maximum Gasteiger partial charge on any atom is 0.131 e. The van der Waals surface area contributed by atoms with Gasteiger partial charge in [0.25, 0.3) is 0 Å². The molecule has 3 nitrogen and oxygen atoms in total. The molecule has 0 radical (unpaired) electrons. The van der Waals surface area contributed by atoms with Gasteiger partial charge in [-0.15, -0.1) is 0 Å². The number of rotatable bonds is 2. The number of nitrogens with one attached hydrogen (secondary N) is 1. The molecule has 2 saturated carbocycles. The zero-order chi connectivity index (χ0) is 11.2. The van der Waals surface area contributed by atoms with Gasteiger partial charge in [-0.3, -0.25) is 0 Å². The first kappa shape index (κ1) is 10.0. The highest BCUT2D eigenvalue weighted by Gasteiger charge is 2.32. The van der Waals surface area contributed by atoms with Gasteiger partial charge in [-0.1, -0.05) is 6.42 Å². The third-order valence-corrected chi connectivity index (χ3v) is 4.42. The number of aromatic nitrogens is 2. The molecule has 0 saturated heterocycles. The molecule has 17 heavy (non-hydrogen) atoms. The van der Waals surface area contributed by atoms with E-state index in [9.17, 15) is 0 Å². The second kappa shape index (κ2) is 3.77. The Labute approximate surface area is 102 Å². The molecule has 2 aliphatic carbocycles. The fourth-order valence-electron chi connectivity index (χ4n) is 2.93. The zero-order valence-corrected chi connectivity index (χ0v) is 10.2.